The molecule has 11 heteroatoms. The molecule has 146 valence electrons. The molecule has 3 rings (SSSR count). The number of aromatic carboxylic acids is 1. The SMILES string of the molecule is CC(C(=O)Nc1cnn(C)c1C(=O)NCc1ccco1)n1cc(C(=O)O)cn1. The van der Waals surface area contributed by atoms with Gasteiger partial charge in [-0.2, -0.15) is 10.2 Å². The molecule has 28 heavy (non-hydrogen) atoms. The molecule has 0 radical (unpaired) electrons. The number of aromatic nitrogens is 4. The summed E-state index contributed by atoms with van der Waals surface area (Å²) in [5.74, 6) is -1.47. The summed E-state index contributed by atoms with van der Waals surface area (Å²) in [6, 6.07) is 2.64. The van der Waals surface area contributed by atoms with Gasteiger partial charge in [-0.05, 0) is 19.1 Å². The van der Waals surface area contributed by atoms with E-state index in [0.717, 1.165) is 6.20 Å². The highest BCUT2D eigenvalue weighted by Gasteiger charge is 2.23. The molecule has 11 nitrogen and oxygen atoms in total. The van der Waals surface area contributed by atoms with E-state index in [9.17, 15) is 14.4 Å². The molecule has 1 unspecified atom stereocenters. The number of carboxylic acid groups (broad SMARTS) is 1. The number of aryl methyl sites for hydroxylation is 1. The van der Waals surface area contributed by atoms with E-state index >= 15 is 0 Å². The molecular weight excluding hydrogens is 368 g/mol. The van der Waals surface area contributed by atoms with Crippen molar-refractivity contribution in [2.75, 3.05) is 5.32 Å². The number of hydrogen-bond donors (Lipinski definition) is 3. The fourth-order valence-electron chi connectivity index (χ4n) is 2.48. The second-order valence-corrected chi connectivity index (χ2v) is 5.97. The van der Waals surface area contributed by atoms with Crippen LogP contribution in [0.25, 0.3) is 0 Å². The Morgan fingerprint density at radius 2 is 2.07 bits per heavy atom. The largest absolute Gasteiger partial charge is 0.478 e. The predicted molar refractivity (Wildman–Crippen MR) is 95.6 cm³/mol. The molecule has 0 aromatic carbocycles. The van der Waals surface area contributed by atoms with Gasteiger partial charge in [0.1, 0.15) is 17.5 Å². The zero-order valence-electron chi connectivity index (χ0n) is 15.1. The number of anilines is 1. The second-order valence-electron chi connectivity index (χ2n) is 5.97. The average Bonchev–Trinajstić information content (AvgIpc) is 3.40. The minimum absolute atomic E-state index is 0.0287. The van der Waals surface area contributed by atoms with E-state index in [0.29, 0.717) is 5.76 Å². The van der Waals surface area contributed by atoms with Gasteiger partial charge in [-0.3, -0.25) is 19.0 Å². The topological polar surface area (TPSA) is 144 Å². The van der Waals surface area contributed by atoms with Gasteiger partial charge >= 0.3 is 5.97 Å². The summed E-state index contributed by atoms with van der Waals surface area (Å²) < 4.78 is 7.74. The predicted octanol–water partition coefficient (Wildman–Crippen LogP) is 1.04. The Labute approximate surface area is 158 Å². The van der Waals surface area contributed by atoms with Crippen LogP contribution in [0.3, 0.4) is 0 Å². The average molecular weight is 386 g/mol. The summed E-state index contributed by atoms with van der Waals surface area (Å²) in [6.07, 6.45) is 5.28. The highest BCUT2D eigenvalue weighted by molar-refractivity contribution is 6.03. The van der Waals surface area contributed by atoms with Crippen LogP contribution in [0.1, 0.15) is 39.6 Å². The third kappa shape index (κ3) is 3.92. The van der Waals surface area contributed by atoms with Crippen LogP contribution in [-0.2, 0) is 18.4 Å². The number of nitrogens with one attached hydrogen (secondary N) is 2. The van der Waals surface area contributed by atoms with Crippen molar-refractivity contribution in [3.8, 4) is 0 Å². The van der Waals surface area contributed by atoms with Crippen molar-refractivity contribution in [2.45, 2.75) is 19.5 Å². The third-order valence-electron chi connectivity index (χ3n) is 4.04. The molecule has 3 N–H and O–H groups in total. The maximum absolute atomic E-state index is 12.5. The summed E-state index contributed by atoms with van der Waals surface area (Å²) in [5, 5.41) is 22.2. The Morgan fingerprint density at radius 3 is 2.71 bits per heavy atom. The first kappa shape index (κ1) is 18.9. The number of carbonyl (C=O) groups is 3. The highest BCUT2D eigenvalue weighted by Crippen LogP contribution is 2.17. The van der Waals surface area contributed by atoms with Crippen molar-refractivity contribution >= 4 is 23.5 Å². The molecule has 0 fully saturated rings. The molecule has 3 aromatic heterocycles. The van der Waals surface area contributed by atoms with E-state index in [-0.39, 0.29) is 23.5 Å². The van der Waals surface area contributed by atoms with Crippen LogP contribution in [0.5, 0.6) is 0 Å². The lowest BCUT2D eigenvalue weighted by molar-refractivity contribution is -0.119. The minimum atomic E-state index is -1.14. The first-order valence-electron chi connectivity index (χ1n) is 8.27. The van der Waals surface area contributed by atoms with E-state index < -0.39 is 23.8 Å². The van der Waals surface area contributed by atoms with Gasteiger partial charge in [0.2, 0.25) is 5.91 Å². The number of amides is 2. The molecule has 1 atom stereocenters. The van der Waals surface area contributed by atoms with Gasteiger partial charge in [-0.25, -0.2) is 4.79 Å². The van der Waals surface area contributed by atoms with Crippen molar-refractivity contribution in [2.24, 2.45) is 7.05 Å². The highest BCUT2D eigenvalue weighted by atomic mass is 16.4. The molecule has 3 heterocycles. The van der Waals surface area contributed by atoms with Gasteiger partial charge in [0.05, 0.1) is 36.5 Å². The van der Waals surface area contributed by atoms with Crippen LogP contribution < -0.4 is 10.6 Å². The summed E-state index contributed by atoms with van der Waals surface area (Å²) in [7, 11) is 1.58. The number of rotatable bonds is 7. The Morgan fingerprint density at radius 1 is 1.29 bits per heavy atom. The Kier molecular flexibility index (Phi) is 5.25. The lowest BCUT2D eigenvalue weighted by Crippen LogP contribution is -2.28. The number of carbonyl (C=O) groups excluding carboxylic acids is 2. The van der Waals surface area contributed by atoms with E-state index in [2.05, 4.69) is 20.8 Å². The van der Waals surface area contributed by atoms with Gasteiger partial charge in [0.25, 0.3) is 5.91 Å². The summed E-state index contributed by atoms with van der Waals surface area (Å²) in [5.41, 5.74) is 0.361. The Hall–Kier alpha value is -3.89. The van der Waals surface area contributed by atoms with Crippen LogP contribution in [0.4, 0.5) is 5.69 Å². The van der Waals surface area contributed by atoms with Gasteiger partial charge in [-0.15, -0.1) is 0 Å². The van der Waals surface area contributed by atoms with E-state index in [4.69, 9.17) is 9.52 Å². The summed E-state index contributed by atoms with van der Waals surface area (Å²) >= 11 is 0. The first-order valence-corrected chi connectivity index (χ1v) is 8.27. The summed E-state index contributed by atoms with van der Waals surface area (Å²) in [4.78, 5) is 36.0. The molecular formula is C17H18N6O5. The fourth-order valence-corrected chi connectivity index (χ4v) is 2.48. The van der Waals surface area contributed by atoms with Crippen LogP contribution in [0, 0.1) is 0 Å². The van der Waals surface area contributed by atoms with Crippen LogP contribution in [-0.4, -0.2) is 42.5 Å². The lowest BCUT2D eigenvalue weighted by Gasteiger charge is -2.13. The van der Waals surface area contributed by atoms with Gasteiger partial charge in [-0.1, -0.05) is 0 Å². The zero-order chi connectivity index (χ0) is 20.3. The number of hydrogen-bond acceptors (Lipinski definition) is 6. The lowest BCUT2D eigenvalue weighted by atomic mass is 10.2. The molecule has 0 aliphatic heterocycles. The van der Waals surface area contributed by atoms with Crippen LogP contribution in [0.2, 0.25) is 0 Å². The number of carboxylic acids is 1. The first-order chi connectivity index (χ1) is 13.4. The van der Waals surface area contributed by atoms with Crippen molar-refractivity contribution in [1.29, 1.82) is 0 Å². The van der Waals surface area contributed by atoms with E-state index in [1.807, 2.05) is 0 Å². The third-order valence-corrected chi connectivity index (χ3v) is 4.04. The van der Waals surface area contributed by atoms with Crippen molar-refractivity contribution in [3.05, 3.63) is 54.0 Å². The van der Waals surface area contributed by atoms with Gasteiger partial charge < -0.3 is 20.2 Å². The maximum atomic E-state index is 12.5. The molecule has 0 aliphatic carbocycles. The molecule has 0 saturated heterocycles. The normalized spacial score (nSPS) is 11.8. The van der Waals surface area contributed by atoms with Crippen LogP contribution >= 0.6 is 0 Å². The van der Waals surface area contributed by atoms with E-state index in [1.54, 1.807) is 26.1 Å². The molecule has 0 spiro atoms. The molecule has 0 aliphatic rings. The number of nitrogens with zero attached hydrogens (tertiary/aromatic N) is 4. The van der Waals surface area contributed by atoms with Crippen molar-refractivity contribution < 1.29 is 23.9 Å². The monoisotopic (exact) mass is 386 g/mol. The fraction of sp³-hybridized carbons (Fsp3) is 0.235. The number of furan rings is 1. The van der Waals surface area contributed by atoms with Crippen molar-refractivity contribution in [1.82, 2.24) is 24.9 Å². The molecule has 2 amide bonds. The quantitative estimate of drug-likeness (QED) is 0.550. The zero-order valence-corrected chi connectivity index (χ0v) is 15.1. The minimum Gasteiger partial charge on any atom is -0.478 e. The Balaban J connectivity index is 1.70. The van der Waals surface area contributed by atoms with Crippen LogP contribution in [0.15, 0.2) is 41.4 Å². The smallest absolute Gasteiger partial charge is 0.338 e. The van der Waals surface area contributed by atoms with Gasteiger partial charge in [0, 0.05) is 13.2 Å². The second kappa shape index (κ2) is 7.78. The van der Waals surface area contributed by atoms with Crippen molar-refractivity contribution in [3.63, 3.8) is 0 Å². The molecule has 0 saturated carbocycles. The maximum Gasteiger partial charge on any atom is 0.338 e. The van der Waals surface area contributed by atoms with E-state index in [1.165, 1.54) is 28.0 Å². The molecule has 0 bridgehead atoms. The summed E-state index contributed by atoms with van der Waals surface area (Å²) in [6.45, 7) is 1.74. The van der Waals surface area contributed by atoms with Gasteiger partial charge in [0.15, 0.2) is 0 Å². The molecule has 3 aromatic rings. The Bertz CT molecular complexity index is 1000. The standard InChI is InChI=1S/C17H18N6O5/c1-10(23-9-11(6-20-23)17(26)27)15(24)21-13-8-19-22(2)14(13)16(25)18-7-12-4-3-5-28-12/h3-6,8-10H,7H2,1-2H3,(H,18,25)(H,21,24)(H,26,27).